The number of hydrogen-bond donors (Lipinski definition) is 2. The first-order valence-electron chi connectivity index (χ1n) is 11.1. The molecule has 2 amide bonds. The molecule has 168 valence electrons. The van der Waals surface area contributed by atoms with Crippen LogP contribution in [0.5, 0.6) is 0 Å². The molecule has 1 saturated heterocycles. The van der Waals surface area contributed by atoms with Gasteiger partial charge in [-0.05, 0) is 43.4 Å². The number of carbonyl (C=O) groups is 2. The van der Waals surface area contributed by atoms with Crippen LogP contribution in [0, 0.1) is 11.8 Å². The van der Waals surface area contributed by atoms with Gasteiger partial charge >= 0.3 is 0 Å². The molecule has 2 atom stereocenters. The van der Waals surface area contributed by atoms with Crippen molar-refractivity contribution in [3.05, 3.63) is 40.9 Å². The van der Waals surface area contributed by atoms with E-state index in [-0.39, 0.29) is 36.9 Å². The van der Waals surface area contributed by atoms with Crippen LogP contribution >= 0.6 is 0 Å². The van der Waals surface area contributed by atoms with Crippen molar-refractivity contribution in [2.75, 3.05) is 32.7 Å². The second-order valence-corrected chi connectivity index (χ2v) is 8.70. The molecular formula is C23H33N5O3. The first kappa shape index (κ1) is 22.9. The van der Waals surface area contributed by atoms with Gasteiger partial charge in [0.15, 0.2) is 0 Å². The monoisotopic (exact) mass is 427 g/mol. The van der Waals surface area contributed by atoms with Crippen molar-refractivity contribution in [2.45, 2.75) is 39.7 Å². The molecule has 8 heteroatoms. The Morgan fingerprint density at radius 1 is 1.06 bits per heavy atom. The van der Waals surface area contributed by atoms with E-state index in [0.29, 0.717) is 17.4 Å². The molecular weight excluding hydrogens is 394 g/mol. The van der Waals surface area contributed by atoms with Gasteiger partial charge in [-0.3, -0.25) is 19.0 Å². The van der Waals surface area contributed by atoms with Crippen LogP contribution in [0.1, 0.15) is 33.1 Å². The summed E-state index contributed by atoms with van der Waals surface area (Å²) >= 11 is 0. The van der Waals surface area contributed by atoms with Crippen molar-refractivity contribution >= 4 is 22.7 Å². The minimum atomic E-state index is -0.319. The summed E-state index contributed by atoms with van der Waals surface area (Å²) in [6, 6.07) is 7.02. The summed E-state index contributed by atoms with van der Waals surface area (Å²) in [7, 11) is 0. The zero-order valence-corrected chi connectivity index (χ0v) is 18.5. The second kappa shape index (κ2) is 11.0. The maximum atomic E-state index is 12.4. The van der Waals surface area contributed by atoms with E-state index < -0.39 is 0 Å². The van der Waals surface area contributed by atoms with Crippen LogP contribution in [0.2, 0.25) is 0 Å². The van der Waals surface area contributed by atoms with Crippen molar-refractivity contribution in [2.24, 2.45) is 11.8 Å². The number of carbonyl (C=O) groups excluding carboxylic acids is 2. The summed E-state index contributed by atoms with van der Waals surface area (Å²) in [5.74, 6) is 1.08. The van der Waals surface area contributed by atoms with Crippen molar-refractivity contribution < 1.29 is 9.59 Å². The van der Waals surface area contributed by atoms with Crippen LogP contribution in [0.3, 0.4) is 0 Å². The molecule has 0 saturated carbocycles. The number of amides is 2. The van der Waals surface area contributed by atoms with Gasteiger partial charge in [-0.25, -0.2) is 4.98 Å². The minimum absolute atomic E-state index is 0.0785. The third-order valence-corrected chi connectivity index (χ3v) is 5.64. The van der Waals surface area contributed by atoms with Crippen LogP contribution in [0.15, 0.2) is 35.4 Å². The van der Waals surface area contributed by atoms with E-state index in [0.717, 1.165) is 37.9 Å². The van der Waals surface area contributed by atoms with E-state index in [1.165, 1.54) is 17.3 Å². The fourth-order valence-electron chi connectivity index (χ4n) is 4.34. The lowest BCUT2D eigenvalue weighted by atomic mass is 9.92. The number of rotatable bonds is 9. The van der Waals surface area contributed by atoms with Gasteiger partial charge < -0.3 is 15.5 Å². The Balaban J connectivity index is 1.32. The number of fused-ring (bicyclic) bond motifs is 1. The Labute approximate surface area is 183 Å². The molecule has 0 aliphatic carbocycles. The van der Waals surface area contributed by atoms with Gasteiger partial charge in [0.05, 0.1) is 17.2 Å². The first-order valence-corrected chi connectivity index (χ1v) is 11.1. The largest absolute Gasteiger partial charge is 0.356 e. The summed E-state index contributed by atoms with van der Waals surface area (Å²) < 4.78 is 1.28. The van der Waals surface area contributed by atoms with E-state index in [2.05, 4.69) is 34.4 Å². The standard InChI is InChI=1S/C23H33N5O3/c1-17-12-18(2)14-27(13-17)11-5-9-24-21(29)8-10-25-22(30)15-28-16-26-20-7-4-3-6-19(20)23(28)31/h3-4,6-7,16-18H,5,8-15H2,1-2H3,(H,24,29)(H,25,30)/t17-,18+. The quantitative estimate of drug-likeness (QED) is 0.590. The molecule has 1 aliphatic heterocycles. The van der Waals surface area contributed by atoms with E-state index in [1.807, 2.05) is 6.07 Å². The Hall–Kier alpha value is -2.74. The Morgan fingerprint density at radius 2 is 1.77 bits per heavy atom. The van der Waals surface area contributed by atoms with Crippen LogP contribution in [0.4, 0.5) is 0 Å². The zero-order valence-electron chi connectivity index (χ0n) is 18.5. The highest BCUT2D eigenvalue weighted by Crippen LogP contribution is 2.20. The Morgan fingerprint density at radius 3 is 2.55 bits per heavy atom. The highest BCUT2D eigenvalue weighted by Gasteiger charge is 2.21. The minimum Gasteiger partial charge on any atom is -0.356 e. The number of nitrogens with one attached hydrogen (secondary N) is 2. The Bertz CT molecular complexity index is 948. The molecule has 2 N–H and O–H groups in total. The molecule has 0 radical (unpaired) electrons. The topological polar surface area (TPSA) is 96.3 Å². The molecule has 0 bridgehead atoms. The van der Waals surface area contributed by atoms with Crippen molar-refractivity contribution in [1.29, 1.82) is 0 Å². The number of hydrogen-bond acceptors (Lipinski definition) is 5. The van der Waals surface area contributed by atoms with Crippen molar-refractivity contribution in [3.8, 4) is 0 Å². The van der Waals surface area contributed by atoms with Crippen LogP contribution in [0.25, 0.3) is 10.9 Å². The summed E-state index contributed by atoms with van der Waals surface area (Å²) in [5, 5.41) is 6.09. The number of aromatic nitrogens is 2. The second-order valence-electron chi connectivity index (χ2n) is 8.70. The molecule has 1 aliphatic rings. The molecule has 8 nitrogen and oxygen atoms in total. The molecule has 3 rings (SSSR count). The molecule has 0 spiro atoms. The maximum absolute atomic E-state index is 12.4. The lowest BCUT2D eigenvalue weighted by molar-refractivity contribution is -0.122. The average molecular weight is 428 g/mol. The maximum Gasteiger partial charge on any atom is 0.261 e. The number of nitrogens with zero attached hydrogens (tertiary/aromatic N) is 3. The van der Waals surface area contributed by atoms with Gasteiger partial charge in [0, 0.05) is 32.6 Å². The van der Waals surface area contributed by atoms with Gasteiger partial charge in [0.1, 0.15) is 6.54 Å². The smallest absolute Gasteiger partial charge is 0.261 e. The van der Waals surface area contributed by atoms with Gasteiger partial charge in [-0.15, -0.1) is 0 Å². The molecule has 1 aromatic heterocycles. The zero-order chi connectivity index (χ0) is 22.2. The SMILES string of the molecule is C[C@@H]1C[C@H](C)CN(CCCNC(=O)CCNC(=O)Cn2cnc3ccccc3c2=O)C1. The summed E-state index contributed by atoms with van der Waals surface area (Å²) in [6.07, 6.45) is 3.82. The number of benzene rings is 1. The Kier molecular flexibility index (Phi) is 8.17. The van der Waals surface area contributed by atoms with Crippen LogP contribution in [-0.4, -0.2) is 59.0 Å². The van der Waals surface area contributed by atoms with E-state index in [9.17, 15) is 14.4 Å². The summed E-state index contributed by atoms with van der Waals surface area (Å²) in [6.45, 7) is 8.63. The predicted molar refractivity (Wildman–Crippen MR) is 121 cm³/mol. The first-order chi connectivity index (χ1) is 14.9. The molecule has 0 unspecified atom stereocenters. The fraction of sp³-hybridized carbons (Fsp3) is 0.565. The molecule has 1 aromatic carbocycles. The molecule has 2 aromatic rings. The van der Waals surface area contributed by atoms with Gasteiger partial charge in [0.2, 0.25) is 11.8 Å². The fourth-order valence-corrected chi connectivity index (χ4v) is 4.34. The van der Waals surface area contributed by atoms with Crippen LogP contribution in [-0.2, 0) is 16.1 Å². The lowest BCUT2D eigenvalue weighted by Gasteiger charge is -2.34. The highest BCUT2D eigenvalue weighted by atomic mass is 16.2. The highest BCUT2D eigenvalue weighted by molar-refractivity contribution is 5.80. The summed E-state index contributed by atoms with van der Waals surface area (Å²) in [5.41, 5.74) is 0.348. The number of piperidine rings is 1. The van der Waals surface area contributed by atoms with E-state index >= 15 is 0 Å². The third kappa shape index (κ3) is 6.89. The van der Waals surface area contributed by atoms with E-state index in [4.69, 9.17) is 0 Å². The summed E-state index contributed by atoms with van der Waals surface area (Å²) in [4.78, 5) is 43.2. The third-order valence-electron chi connectivity index (χ3n) is 5.64. The van der Waals surface area contributed by atoms with Crippen molar-refractivity contribution in [1.82, 2.24) is 25.1 Å². The molecule has 31 heavy (non-hydrogen) atoms. The molecule has 1 fully saturated rings. The number of likely N-dealkylation sites (tertiary alicyclic amines) is 1. The molecule has 2 heterocycles. The normalized spacial score (nSPS) is 19.3. The lowest BCUT2D eigenvalue weighted by Crippen LogP contribution is -2.40. The number of para-hydroxylation sites is 1. The van der Waals surface area contributed by atoms with Gasteiger partial charge in [-0.1, -0.05) is 26.0 Å². The van der Waals surface area contributed by atoms with Crippen LogP contribution < -0.4 is 16.2 Å². The van der Waals surface area contributed by atoms with E-state index in [1.54, 1.807) is 18.2 Å². The predicted octanol–water partition coefficient (Wildman–Crippen LogP) is 1.39. The van der Waals surface area contributed by atoms with Gasteiger partial charge in [-0.2, -0.15) is 0 Å². The van der Waals surface area contributed by atoms with Gasteiger partial charge in [0.25, 0.3) is 5.56 Å². The average Bonchev–Trinajstić information content (AvgIpc) is 2.73. The van der Waals surface area contributed by atoms with Crippen molar-refractivity contribution in [3.63, 3.8) is 0 Å².